The molecule has 0 saturated carbocycles. The Morgan fingerprint density at radius 1 is 1.42 bits per heavy atom. The first-order valence-electron chi connectivity index (χ1n) is 5.41. The molecule has 19 heavy (non-hydrogen) atoms. The summed E-state index contributed by atoms with van der Waals surface area (Å²) in [6.45, 7) is 2.23. The van der Waals surface area contributed by atoms with Gasteiger partial charge in [0, 0.05) is 0 Å². The van der Waals surface area contributed by atoms with Crippen molar-refractivity contribution in [2.75, 3.05) is 19.5 Å². The Bertz CT molecular complexity index is 597. The van der Waals surface area contributed by atoms with E-state index in [-0.39, 0.29) is 23.2 Å². The molecule has 0 aromatic carbocycles. The molecule has 0 bridgehead atoms. The van der Waals surface area contributed by atoms with Crippen LogP contribution in [0.2, 0.25) is 0 Å². The van der Waals surface area contributed by atoms with Crippen LogP contribution in [-0.2, 0) is 4.74 Å². The summed E-state index contributed by atoms with van der Waals surface area (Å²) in [5.74, 6) is -0.196. The minimum atomic E-state index is -0.642. The summed E-state index contributed by atoms with van der Waals surface area (Å²) in [4.78, 5) is 22.9. The zero-order chi connectivity index (χ0) is 13.8. The quantitative estimate of drug-likeness (QED) is 0.756. The SMILES string of the molecule is CCOc1ncnc(-n2cnc(C(=O)OC)n2)c1N. The molecule has 0 aliphatic rings. The van der Waals surface area contributed by atoms with Crippen molar-refractivity contribution < 1.29 is 14.3 Å². The van der Waals surface area contributed by atoms with Crippen molar-refractivity contribution >= 4 is 11.7 Å². The van der Waals surface area contributed by atoms with Gasteiger partial charge in [-0.3, -0.25) is 0 Å². The number of nitrogens with two attached hydrogens (primary N) is 1. The van der Waals surface area contributed by atoms with Crippen molar-refractivity contribution in [2.45, 2.75) is 6.92 Å². The Balaban J connectivity index is 2.39. The Morgan fingerprint density at radius 2 is 2.21 bits per heavy atom. The first-order valence-corrected chi connectivity index (χ1v) is 5.41. The number of carbonyl (C=O) groups excluding carboxylic acids is 1. The van der Waals surface area contributed by atoms with Crippen molar-refractivity contribution in [3.05, 3.63) is 18.5 Å². The molecule has 0 aliphatic heterocycles. The number of hydrogen-bond acceptors (Lipinski definition) is 8. The highest BCUT2D eigenvalue weighted by molar-refractivity contribution is 5.84. The molecule has 2 heterocycles. The highest BCUT2D eigenvalue weighted by atomic mass is 16.5. The second-order valence-electron chi connectivity index (χ2n) is 3.35. The van der Waals surface area contributed by atoms with E-state index in [9.17, 15) is 4.79 Å². The molecule has 0 atom stereocenters. The fraction of sp³-hybridized carbons (Fsp3) is 0.300. The maximum absolute atomic E-state index is 11.3. The van der Waals surface area contributed by atoms with E-state index in [1.165, 1.54) is 24.4 Å². The predicted octanol–water partition coefficient (Wildman–Crippen LogP) is -0.175. The van der Waals surface area contributed by atoms with Crippen LogP contribution in [0.1, 0.15) is 17.5 Å². The highest BCUT2D eigenvalue weighted by Gasteiger charge is 2.16. The van der Waals surface area contributed by atoms with Crippen LogP contribution < -0.4 is 10.5 Å². The van der Waals surface area contributed by atoms with Gasteiger partial charge in [0.15, 0.2) is 5.82 Å². The molecule has 9 heteroatoms. The van der Waals surface area contributed by atoms with Crippen LogP contribution in [0, 0.1) is 0 Å². The lowest BCUT2D eigenvalue weighted by molar-refractivity contribution is 0.0587. The molecule has 0 amide bonds. The molecule has 0 aliphatic carbocycles. The van der Waals surface area contributed by atoms with Gasteiger partial charge in [-0.15, -0.1) is 5.10 Å². The maximum atomic E-state index is 11.3. The lowest BCUT2D eigenvalue weighted by Crippen LogP contribution is -2.09. The predicted molar refractivity (Wildman–Crippen MR) is 63.9 cm³/mol. The zero-order valence-electron chi connectivity index (χ0n) is 10.4. The number of aromatic nitrogens is 5. The number of carbonyl (C=O) groups is 1. The number of ether oxygens (including phenoxy) is 2. The normalized spacial score (nSPS) is 10.2. The number of methoxy groups -OCH3 is 1. The third-order valence-corrected chi connectivity index (χ3v) is 2.18. The average molecular weight is 264 g/mol. The van der Waals surface area contributed by atoms with E-state index in [1.54, 1.807) is 0 Å². The first kappa shape index (κ1) is 12.7. The van der Waals surface area contributed by atoms with Gasteiger partial charge in [-0.1, -0.05) is 0 Å². The number of nitrogen functional groups attached to an aromatic ring is 1. The number of esters is 1. The van der Waals surface area contributed by atoms with Gasteiger partial charge in [0.25, 0.3) is 5.82 Å². The molecule has 2 rings (SSSR count). The van der Waals surface area contributed by atoms with Crippen LogP contribution in [-0.4, -0.2) is 44.4 Å². The van der Waals surface area contributed by atoms with E-state index in [4.69, 9.17) is 10.5 Å². The smallest absolute Gasteiger partial charge is 0.377 e. The van der Waals surface area contributed by atoms with Gasteiger partial charge in [-0.2, -0.15) is 9.67 Å². The van der Waals surface area contributed by atoms with E-state index in [2.05, 4.69) is 24.8 Å². The van der Waals surface area contributed by atoms with Gasteiger partial charge in [0.05, 0.1) is 13.7 Å². The van der Waals surface area contributed by atoms with Gasteiger partial charge in [0.1, 0.15) is 18.3 Å². The molecule has 9 nitrogen and oxygen atoms in total. The number of rotatable bonds is 4. The molecule has 0 fully saturated rings. The number of nitrogens with zero attached hydrogens (tertiary/aromatic N) is 5. The maximum Gasteiger partial charge on any atom is 0.377 e. The Morgan fingerprint density at radius 3 is 2.89 bits per heavy atom. The standard InChI is InChI=1S/C10H12N6O3/c1-3-19-9-6(11)8(12-4-13-9)16-5-14-7(15-16)10(17)18-2/h4-5H,3,11H2,1-2H3. The van der Waals surface area contributed by atoms with Gasteiger partial charge >= 0.3 is 5.97 Å². The molecule has 2 aromatic rings. The van der Waals surface area contributed by atoms with Crippen molar-refractivity contribution in [2.24, 2.45) is 0 Å². The first-order chi connectivity index (χ1) is 9.17. The summed E-state index contributed by atoms with van der Waals surface area (Å²) < 4.78 is 11.0. The van der Waals surface area contributed by atoms with Crippen molar-refractivity contribution in [3.63, 3.8) is 0 Å². The highest BCUT2D eigenvalue weighted by Crippen LogP contribution is 2.22. The molecule has 100 valence electrons. The lowest BCUT2D eigenvalue weighted by atomic mass is 10.4. The average Bonchev–Trinajstić information content (AvgIpc) is 2.90. The number of hydrogen-bond donors (Lipinski definition) is 1. The minimum Gasteiger partial charge on any atom is -0.476 e. The van der Waals surface area contributed by atoms with Gasteiger partial charge in [0.2, 0.25) is 5.88 Å². The van der Waals surface area contributed by atoms with E-state index >= 15 is 0 Å². The van der Waals surface area contributed by atoms with E-state index in [0.717, 1.165) is 0 Å². The topological polar surface area (TPSA) is 118 Å². The molecular weight excluding hydrogens is 252 g/mol. The lowest BCUT2D eigenvalue weighted by Gasteiger charge is -2.08. The third kappa shape index (κ3) is 2.44. The second-order valence-corrected chi connectivity index (χ2v) is 3.35. The van der Waals surface area contributed by atoms with Crippen LogP contribution in [0.4, 0.5) is 5.69 Å². The summed E-state index contributed by atoms with van der Waals surface area (Å²) in [5, 5.41) is 3.92. The molecule has 0 unspecified atom stereocenters. The van der Waals surface area contributed by atoms with Crippen LogP contribution in [0.15, 0.2) is 12.7 Å². The Labute approximate surface area is 108 Å². The van der Waals surface area contributed by atoms with Gasteiger partial charge in [-0.05, 0) is 6.92 Å². The van der Waals surface area contributed by atoms with Crippen LogP contribution in [0.25, 0.3) is 5.82 Å². The second kappa shape index (κ2) is 5.29. The summed E-state index contributed by atoms with van der Waals surface area (Å²) in [6, 6.07) is 0. The number of anilines is 1. The minimum absolute atomic E-state index is 0.0847. The fourth-order valence-electron chi connectivity index (χ4n) is 1.35. The van der Waals surface area contributed by atoms with Crippen LogP contribution in [0.3, 0.4) is 0 Å². The summed E-state index contributed by atoms with van der Waals surface area (Å²) in [7, 11) is 1.25. The zero-order valence-corrected chi connectivity index (χ0v) is 10.4. The largest absolute Gasteiger partial charge is 0.476 e. The van der Waals surface area contributed by atoms with Crippen LogP contribution >= 0.6 is 0 Å². The monoisotopic (exact) mass is 264 g/mol. The Hall–Kier alpha value is -2.71. The molecular formula is C10H12N6O3. The summed E-state index contributed by atoms with van der Waals surface area (Å²) >= 11 is 0. The Kier molecular flexibility index (Phi) is 3.55. The molecule has 2 N–H and O–H groups in total. The fourth-order valence-corrected chi connectivity index (χ4v) is 1.35. The molecule has 0 spiro atoms. The van der Waals surface area contributed by atoms with Crippen LogP contribution in [0.5, 0.6) is 5.88 Å². The van der Waals surface area contributed by atoms with Gasteiger partial charge < -0.3 is 15.2 Å². The molecule has 0 saturated heterocycles. The van der Waals surface area contributed by atoms with Crippen molar-refractivity contribution in [1.82, 2.24) is 24.7 Å². The summed E-state index contributed by atoms with van der Waals surface area (Å²) in [5.41, 5.74) is 6.08. The van der Waals surface area contributed by atoms with E-state index < -0.39 is 5.97 Å². The van der Waals surface area contributed by atoms with Crippen molar-refractivity contribution in [3.8, 4) is 11.7 Å². The molecule has 2 aromatic heterocycles. The third-order valence-electron chi connectivity index (χ3n) is 2.18. The van der Waals surface area contributed by atoms with Crippen molar-refractivity contribution in [1.29, 1.82) is 0 Å². The van der Waals surface area contributed by atoms with E-state index in [1.807, 2.05) is 6.92 Å². The van der Waals surface area contributed by atoms with E-state index in [0.29, 0.717) is 6.61 Å². The molecule has 0 radical (unpaired) electrons. The van der Waals surface area contributed by atoms with Gasteiger partial charge in [-0.25, -0.2) is 14.8 Å². The summed E-state index contributed by atoms with van der Waals surface area (Å²) in [6.07, 6.45) is 2.59.